The quantitative estimate of drug-likeness (QED) is 0.494. The predicted octanol–water partition coefficient (Wildman–Crippen LogP) is 1.50. The zero-order chi connectivity index (χ0) is 20.9. The molecule has 2 atom stereocenters. The van der Waals surface area contributed by atoms with Crippen molar-refractivity contribution in [3.63, 3.8) is 0 Å². The maximum atomic E-state index is 12.5. The molecule has 0 aromatic heterocycles. The molecule has 0 saturated carbocycles. The predicted molar refractivity (Wildman–Crippen MR) is 109 cm³/mol. The van der Waals surface area contributed by atoms with Gasteiger partial charge >= 0.3 is 5.97 Å². The van der Waals surface area contributed by atoms with Gasteiger partial charge in [0.25, 0.3) is 0 Å². The summed E-state index contributed by atoms with van der Waals surface area (Å²) in [4.78, 5) is 36.5. The topological polar surface area (TPSA) is 105 Å². The molecular weight excluding hydrogens is 372 g/mol. The lowest BCUT2D eigenvalue weighted by molar-refractivity contribution is -0.144. The number of ether oxygens (including phenoxy) is 1. The summed E-state index contributed by atoms with van der Waals surface area (Å²) in [5.41, 5.74) is 1.02. The molecular formula is C22H30N2O5. The second kappa shape index (κ2) is 12.7. The highest BCUT2D eigenvalue weighted by molar-refractivity contribution is 5.86. The van der Waals surface area contributed by atoms with Gasteiger partial charge in [0.05, 0.1) is 25.1 Å². The van der Waals surface area contributed by atoms with Crippen molar-refractivity contribution in [3.8, 4) is 0 Å². The van der Waals surface area contributed by atoms with Crippen molar-refractivity contribution in [2.24, 2.45) is 5.92 Å². The summed E-state index contributed by atoms with van der Waals surface area (Å²) >= 11 is 0. The third-order valence-corrected chi connectivity index (χ3v) is 4.72. The number of allylic oxidation sites excluding steroid dienone is 2. The van der Waals surface area contributed by atoms with Crippen LogP contribution >= 0.6 is 0 Å². The van der Waals surface area contributed by atoms with Gasteiger partial charge in [0.2, 0.25) is 11.8 Å². The van der Waals surface area contributed by atoms with Crippen LogP contribution in [0.5, 0.6) is 0 Å². The first kappa shape index (κ1) is 22.6. The first-order chi connectivity index (χ1) is 14.1. The van der Waals surface area contributed by atoms with Crippen molar-refractivity contribution in [1.29, 1.82) is 0 Å². The van der Waals surface area contributed by atoms with Crippen LogP contribution in [0.2, 0.25) is 0 Å². The molecule has 0 spiro atoms. The number of hydrogen-bond donors (Lipinski definition) is 3. The number of carbonyl (C=O) groups is 3. The average molecular weight is 402 g/mol. The Hall–Kier alpha value is -2.67. The Bertz CT molecular complexity index is 690. The molecule has 1 heterocycles. The summed E-state index contributed by atoms with van der Waals surface area (Å²) in [7, 11) is 0. The van der Waals surface area contributed by atoms with E-state index in [4.69, 9.17) is 4.74 Å². The number of aliphatic hydroxyl groups is 1. The van der Waals surface area contributed by atoms with Gasteiger partial charge < -0.3 is 20.5 Å². The molecule has 0 unspecified atom stereocenters. The number of benzene rings is 1. The number of carbonyl (C=O) groups excluding carboxylic acids is 3. The van der Waals surface area contributed by atoms with Crippen LogP contribution in [-0.2, 0) is 25.5 Å². The number of aliphatic hydroxyl groups excluding tert-OH is 1. The van der Waals surface area contributed by atoms with Crippen molar-refractivity contribution >= 4 is 17.8 Å². The maximum absolute atomic E-state index is 12.5. The summed E-state index contributed by atoms with van der Waals surface area (Å²) < 4.78 is 5.06. The van der Waals surface area contributed by atoms with Gasteiger partial charge in [-0.2, -0.15) is 0 Å². The van der Waals surface area contributed by atoms with Crippen LogP contribution < -0.4 is 10.6 Å². The van der Waals surface area contributed by atoms with Gasteiger partial charge in [0, 0.05) is 12.8 Å². The Morgan fingerprint density at radius 2 is 2.03 bits per heavy atom. The number of nitrogens with one attached hydrogen (secondary N) is 2. The molecule has 158 valence electrons. The maximum Gasteiger partial charge on any atom is 0.305 e. The van der Waals surface area contributed by atoms with Crippen LogP contribution in [0.25, 0.3) is 0 Å². The van der Waals surface area contributed by atoms with Gasteiger partial charge in [0.1, 0.15) is 6.61 Å². The summed E-state index contributed by atoms with van der Waals surface area (Å²) in [6.07, 6.45) is 6.57. The van der Waals surface area contributed by atoms with E-state index < -0.39 is 12.0 Å². The molecule has 0 radical (unpaired) electrons. The van der Waals surface area contributed by atoms with Crippen LogP contribution in [-0.4, -0.2) is 48.7 Å². The van der Waals surface area contributed by atoms with Gasteiger partial charge in [0.15, 0.2) is 0 Å². The van der Waals surface area contributed by atoms with E-state index in [1.54, 1.807) is 0 Å². The summed E-state index contributed by atoms with van der Waals surface area (Å²) in [5, 5.41) is 15.2. The highest BCUT2D eigenvalue weighted by Crippen LogP contribution is 2.12. The van der Waals surface area contributed by atoms with Crippen LogP contribution in [0.4, 0.5) is 0 Å². The van der Waals surface area contributed by atoms with Gasteiger partial charge in [-0.1, -0.05) is 42.5 Å². The molecule has 1 aromatic carbocycles. The number of hydrogen-bond acceptors (Lipinski definition) is 5. The molecule has 29 heavy (non-hydrogen) atoms. The fourth-order valence-corrected chi connectivity index (χ4v) is 3.15. The molecule has 2 amide bonds. The molecule has 0 saturated heterocycles. The van der Waals surface area contributed by atoms with E-state index in [0.717, 1.165) is 12.0 Å². The normalized spacial score (nSPS) is 19.7. The van der Waals surface area contributed by atoms with Crippen LogP contribution in [0.3, 0.4) is 0 Å². The third kappa shape index (κ3) is 8.91. The Morgan fingerprint density at radius 3 is 2.79 bits per heavy atom. The average Bonchev–Trinajstić information content (AvgIpc) is 2.73. The lowest BCUT2D eigenvalue weighted by Crippen LogP contribution is -2.42. The van der Waals surface area contributed by atoms with Crippen LogP contribution in [0.1, 0.15) is 37.7 Å². The minimum absolute atomic E-state index is 0.0290. The molecule has 7 nitrogen and oxygen atoms in total. The molecule has 0 bridgehead atoms. The highest BCUT2D eigenvalue weighted by Gasteiger charge is 2.22. The second-order valence-corrected chi connectivity index (χ2v) is 7.15. The fraction of sp³-hybridized carbons (Fsp3) is 0.500. The zero-order valence-corrected chi connectivity index (χ0v) is 16.6. The van der Waals surface area contributed by atoms with Crippen molar-refractivity contribution in [3.05, 3.63) is 48.0 Å². The Morgan fingerprint density at radius 1 is 1.24 bits per heavy atom. The first-order valence-corrected chi connectivity index (χ1v) is 10.1. The third-order valence-electron chi connectivity index (χ3n) is 4.72. The number of esters is 1. The highest BCUT2D eigenvalue weighted by atomic mass is 16.5. The van der Waals surface area contributed by atoms with Crippen molar-refractivity contribution < 1.29 is 24.2 Å². The van der Waals surface area contributed by atoms with Gasteiger partial charge in [-0.15, -0.1) is 0 Å². The van der Waals surface area contributed by atoms with Crippen LogP contribution in [0.15, 0.2) is 42.5 Å². The molecule has 1 aliphatic heterocycles. The molecule has 7 heteroatoms. The van der Waals surface area contributed by atoms with E-state index in [1.807, 2.05) is 42.5 Å². The van der Waals surface area contributed by atoms with E-state index in [-0.39, 0.29) is 44.0 Å². The Labute approximate surface area is 171 Å². The number of cyclic esters (lactones) is 1. The van der Waals surface area contributed by atoms with E-state index in [2.05, 4.69) is 10.6 Å². The monoisotopic (exact) mass is 402 g/mol. The molecule has 1 aliphatic rings. The smallest absolute Gasteiger partial charge is 0.305 e. The Kier molecular flexibility index (Phi) is 9.92. The second-order valence-electron chi connectivity index (χ2n) is 7.15. The standard InChI is InChI=1S/C22H30N2O5/c25-16-19(14-17-8-4-3-5-9-17)24-20(26)15-18-10-6-1-2-7-11-21(27)29-13-12-23-22(18)28/h1,3-6,8-9,18-19,25H,2,7,10-16H2,(H,23,28)(H,24,26)/t18-,19-/m1/s1. The van der Waals surface area contributed by atoms with E-state index >= 15 is 0 Å². The molecule has 0 aliphatic carbocycles. The summed E-state index contributed by atoms with van der Waals surface area (Å²) in [6.45, 7) is 0.170. The molecule has 1 aromatic rings. The number of amides is 2. The minimum atomic E-state index is -0.515. The van der Waals surface area contributed by atoms with Crippen LogP contribution in [0, 0.1) is 5.92 Å². The minimum Gasteiger partial charge on any atom is -0.464 e. The molecule has 2 rings (SSSR count). The first-order valence-electron chi connectivity index (χ1n) is 10.1. The lowest BCUT2D eigenvalue weighted by Gasteiger charge is -2.19. The lowest BCUT2D eigenvalue weighted by atomic mass is 9.98. The molecule has 3 N–H and O–H groups in total. The van der Waals surface area contributed by atoms with Crippen molar-refractivity contribution in [1.82, 2.24) is 10.6 Å². The zero-order valence-electron chi connectivity index (χ0n) is 16.6. The van der Waals surface area contributed by atoms with Crippen molar-refractivity contribution in [2.45, 2.75) is 44.6 Å². The largest absolute Gasteiger partial charge is 0.464 e. The summed E-state index contributed by atoms with van der Waals surface area (Å²) in [6, 6.07) is 9.20. The number of rotatable bonds is 6. The fourth-order valence-electron chi connectivity index (χ4n) is 3.15. The van der Waals surface area contributed by atoms with E-state index in [1.165, 1.54) is 0 Å². The summed E-state index contributed by atoms with van der Waals surface area (Å²) in [5.74, 6) is -1.30. The van der Waals surface area contributed by atoms with E-state index in [0.29, 0.717) is 25.7 Å². The molecule has 0 fully saturated rings. The van der Waals surface area contributed by atoms with Gasteiger partial charge in [-0.25, -0.2) is 0 Å². The van der Waals surface area contributed by atoms with Gasteiger partial charge in [-0.05, 0) is 31.2 Å². The van der Waals surface area contributed by atoms with E-state index in [9.17, 15) is 19.5 Å². The van der Waals surface area contributed by atoms with Gasteiger partial charge in [-0.3, -0.25) is 14.4 Å². The SMILES string of the molecule is O=C(C[C@H]1CC=CCCCC(=O)OCCNC1=O)N[C@@H](CO)Cc1ccccc1. The Balaban J connectivity index is 1.91. The van der Waals surface area contributed by atoms with Crippen molar-refractivity contribution in [2.75, 3.05) is 19.8 Å².